The van der Waals surface area contributed by atoms with Crippen molar-refractivity contribution in [1.29, 1.82) is 0 Å². The van der Waals surface area contributed by atoms with Crippen molar-refractivity contribution in [2.75, 3.05) is 0 Å². The number of hydrogen-bond acceptors (Lipinski definition) is 2. The van der Waals surface area contributed by atoms with Crippen LogP contribution in [0, 0.1) is 0 Å². The molecule has 0 heterocycles. The Hall–Kier alpha value is 1.36. The van der Waals surface area contributed by atoms with Crippen molar-refractivity contribution >= 4 is 25.1 Å². The second-order valence-electron chi connectivity index (χ2n) is 0.100. The molecule has 0 rings (SSSR count). The Morgan fingerprint density at radius 2 is 1.25 bits per heavy atom. The summed E-state index contributed by atoms with van der Waals surface area (Å²) in [5, 5.41) is 0. The first kappa shape index (κ1) is 9.03. The van der Waals surface area contributed by atoms with Crippen molar-refractivity contribution in [3.63, 3.8) is 0 Å². The van der Waals surface area contributed by atoms with E-state index < -0.39 is 25.1 Å². The Morgan fingerprint density at radius 3 is 1.25 bits per heavy atom. The van der Waals surface area contributed by atoms with Gasteiger partial charge >= 0.3 is 31.3 Å². The van der Waals surface area contributed by atoms with Gasteiger partial charge in [-0.15, -0.1) is 0 Å². The summed E-state index contributed by atoms with van der Waals surface area (Å²) in [6.07, 6.45) is 0. The second kappa shape index (κ2) is 8.84. The molecule has 0 amide bonds. The van der Waals surface area contributed by atoms with E-state index in [9.17, 15) is 0 Å². The first-order valence-corrected chi connectivity index (χ1v) is 3.92. The quantitative estimate of drug-likeness (QED) is 0.535. The fourth-order valence-electron chi connectivity index (χ4n) is 0. The van der Waals surface area contributed by atoms with Gasteiger partial charge in [-0.1, -0.05) is 0 Å². The van der Waals surface area contributed by atoms with Crippen LogP contribution in [0.4, 0.5) is 0 Å². The maximum atomic E-state index is 7.32. The van der Waals surface area contributed by atoms with E-state index >= 15 is 0 Å². The van der Waals surface area contributed by atoms with E-state index in [4.69, 9.17) is 6.11 Å². The van der Waals surface area contributed by atoms with Gasteiger partial charge < -0.3 is 0 Å². The zero-order valence-corrected chi connectivity index (χ0v) is 6.74. The van der Waals surface area contributed by atoms with Crippen LogP contribution in [0.1, 0.15) is 0 Å². The van der Waals surface area contributed by atoms with Gasteiger partial charge in [-0.05, 0) is 0 Å². The van der Waals surface area contributed by atoms with Crippen LogP contribution in [0.25, 0.3) is 0 Å². The summed E-state index contributed by atoms with van der Waals surface area (Å²) in [7, 11) is 0. The molecule has 0 aromatic rings. The zero-order valence-electron chi connectivity index (χ0n) is 1.75. The Morgan fingerprint density at radius 1 is 1.25 bits per heavy atom. The predicted octanol–water partition coefficient (Wildman–Crippen LogP) is -1.50. The molecule has 0 fully saturated rings. The Balaban J connectivity index is 0. The standard InChI is InChI=1S/Fe.2H2O.Pb/h;2*1H2;/q;;;+2/p-2. The van der Waals surface area contributed by atoms with Crippen LogP contribution < -0.4 is 0 Å². The molecule has 0 atom stereocenters. The molecule has 0 saturated carbocycles. The summed E-state index contributed by atoms with van der Waals surface area (Å²) in [6, 6.07) is 0. The molecule has 2 radical (unpaired) electrons. The maximum absolute atomic E-state index is 7.32. The third-order valence-corrected chi connectivity index (χ3v) is 0. The van der Waals surface area contributed by atoms with E-state index in [0.717, 1.165) is 0 Å². The molecule has 0 unspecified atom stereocenters. The molecular formula is H2FeO2Pb. The van der Waals surface area contributed by atoms with Crippen molar-refractivity contribution in [3.05, 3.63) is 0 Å². The van der Waals surface area contributed by atoms with Gasteiger partial charge in [0.05, 0.1) is 0 Å². The third-order valence-electron chi connectivity index (χ3n) is 0. The van der Waals surface area contributed by atoms with Gasteiger partial charge in [0, 0.05) is 17.1 Å². The van der Waals surface area contributed by atoms with Gasteiger partial charge in [-0.2, -0.15) is 0 Å². The van der Waals surface area contributed by atoms with Crippen molar-refractivity contribution in [2.45, 2.75) is 0 Å². The molecule has 4 heteroatoms. The molecule has 0 bridgehead atoms. The first-order valence-electron chi connectivity index (χ1n) is 0.447. The summed E-state index contributed by atoms with van der Waals surface area (Å²) in [6.45, 7) is 0. The molecule has 0 aromatic carbocycles. The van der Waals surface area contributed by atoms with Crippen molar-refractivity contribution in [2.24, 2.45) is 0 Å². The molecule has 0 aliphatic carbocycles. The van der Waals surface area contributed by atoms with Crippen LogP contribution in [-0.2, 0) is 17.1 Å². The second-order valence-corrected chi connectivity index (χ2v) is 0.877. The van der Waals surface area contributed by atoms with Crippen LogP contribution in [0.2, 0.25) is 0 Å². The SMILES string of the molecule is [Fe].[OH][Pb][OH]. The van der Waals surface area contributed by atoms with Gasteiger partial charge in [0.1, 0.15) is 0 Å². The fraction of sp³-hybridized carbons (Fsp3) is 0. The molecule has 0 spiro atoms. The summed E-state index contributed by atoms with van der Waals surface area (Å²) in [5.41, 5.74) is 0. The van der Waals surface area contributed by atoms with Crippen LogP contribution >= 0.6 is 0 Å². The van der Waals surface area contributed by atoms with E-state index in [1.54, 1.807) is 0 Å². The van der Waals surface area contributed by atoms with Gasteiger partial charge in [0.25, 0.3) is 0 Å². The minimum absolute atomic E-state index is 0. The van der Waals surface area contributed by atoms with Crippen molar-refractivity contribution < 1.29 is 23.2 Å². The predicted molar refractivity (Wildman–Crippen MR) is 10.2 cm³/mol. The molecule has 0 saturated heterocycles. The van der Waals surface area contributed by atoms with E-state index in [1.165, 1.54) is 0 Å². The normalized spacial score (nSPS) is 4.50. The van der Waals surface area contributed by atoms with Crippen molar-refractivity contribution in [1.82, 2.24) is 0 Å². The topological polar surface area (TPSA) is 40.5 Å². The molecule has 0 aromatic heterocycles. The molecule has 2 nitrogen and oxygen atoms in total. The Kier molecular flexibility index (Phi) is 19.9. The van der Waals surface area contributed by atoms with Gasteiger partial charge in [-0.3, -0.25) is 0 Å². The van der Waals surface area contributed by atoms with Gasteiger partial charge in [0.2, 0.25) is 0 Å². The molecule has 2 N–H and O–H groups in total. The molecular weight excluding hydrogens is 295 g/mol. The first-order chi connectivity index (χ1) is 1.41. The molecule has 0 aliphatic rings. The minimum atomic E-state index is -1.92. The van der Waals surface area contributed by atoms with Gasteiger partial charge in [-0.25, -0.2) is 0 Å². The Labute approximate surface area is 48.2 Å². The third kappa shape index (κ3) is 10.1. The number of hydrogen-bond donors (Lipinski definition) is 2. The van der Waals surface area contributed by atoms with Crippen LogP contribution in [-0.4, -0.2) is 31.3 Å². The van der Waals surface area contributed by atoms with E-state index in [-0.39, 0.29) is 17.1 Å². The monoisotopic (exact) mass is 298 g/mol. The summed E-state index contributed by atoms with van der Waals surface area (Å²) in [4.78, 5) is 0. The van der Waals surface area contributed by atoms with Crippen molar-refractivity contribution in [3.8, 4) is 0 Å². The van der Waals surface area contributed by atoms with Crippen LogP contribution in [0.15, 0.2) is 0 Å². The fourth-order valence-corrected chi connectivity index (χ4v) is 0. The number of rotatable bonds is 0. The average molecular weight is 297 g/mol. The van der Waals surface area contributed by atoms with Gasteiger partial charge in [0.15, 0.2) is 0 Å². The zero-order chi connectivity index (χ0) is 2.71. The summed E-state index contributed by atoms with van der Waals surface area (Å²) >= 11 is -1.92. The Bertz CT molecular complexity index is 6.00. The molecule has 4 heavy (non-hydrogen) atoms. The molecule has 26 valence electrons. The van der Waals surface area contributed by atoms with E-state index in [2.05, 4.69) is 0 Å². The summed E-state index contributed by atoms with van der Waals surface area (Å²) < 4.78 is 14.6. The summed E-state index contributed by atoms with van der Waals surface area (Å²) in [5.74, 6) is 0. The van der Waals surface area contributed by atoms with Crippen LogP contribution in [0.3, 0.4) is 0 Å². The van der Waals surface area contributed by atoms with E-state index in [1.807, 2.05) is 0 Å². The van der Waals surface area contributed by atoms with E-state index in [0.29, 0.717) is 0 Å². The molecule has 0 aliphatic heterocycles. The van der Waals surface area contributed by atoms with Crippen LogP contribution in [0.5, 0.6) is 0 Å². The average Bonchev–Trinajstić information content (AvgIpc) is 0.918.